The number of carbonyl (C=O) groups is 1. The van der Waals surface area contributed by atoms with Gasteiger partial charge in [0.1, 0.15) is 6.10 Å². The van der Waals surface area contributed by atoms with Gasteiger partial charge in [-0.15, -0.1) is 0 Å². The summed E-state index contributed by atoms with van der Waals surface area (Å²) in [6.07, 6.45) is 4.49. The molecule has 16 heavy (non-hydrogen) atoms. The maximum Gasteiger partial charge on any atom is 0.356 e. The molecule has 5 heteroatoms. The predicted octanol–water partition coefficient (Wildman–Crippen LogP) is 2.75. The Morgan fingerprint density at radius 2 is 2.12 bits per heavy atom. The number of aromatic nitrogens is 1. The molecule has 1 fully saturated rings. The molecule has 0 atom stereocenters. The first-order chi connectivity index (χ1) is 7.66. The summed E-state index contributed by atoms with van der Waals surface area (Å²) < 4.78 is 5.59. The molecule has 86 valence electrons. The summed E-state index contributed by atoms with van der Waals surface area (Å²) in [5, 5.41) is 8.98. The summed E-state index contributed by atoms with van der Waals surface area (Å²) in [5.74, 6) is -0.796. The highest BCUT2D eigenvalue weighted by atomic mass is 35.5. The van der Waals surface area contributed by atoms with Crippen molar-refractivity contribution in [2.24, 2.45) is 0 Å². The minimum Gasteiger partial charge on any atom is -0.476 e. The van der Waals surface area contributed by atoms with Crippen molar-refractivity contribution in [3.63, 3.8) is 0 Å². The van der Waals surface area contributed by atoms with Crippen molar-refractivity contribution >= 4 is 17.6 Å². The summed E-state index contributed by atoms with van der Waals surface area (Å²) in [7, 11) is 0. The normalized spacial score (nSPS) is 16.3. The number of rotatable bonds is 3. The van der Waals surface area contributed by atoms with Gasteiger partial charge in [-0.2, -0.15) is 0 Å². The van der Waals surface area contributed by atoms with E-state index in [1.807, 2.05) is 0 Å². The molecule has 1 saturated carbocycles. The first kappa shape index (κ1) is 11.2. The van der Waals surface area contributed by atoms with E-state index in [-0.39, 0.29) is 16.8 Å². The van der Waals surface area contributed by atoms with E-state index in [1.165, 1.54) is 6.07 Å². The third-order valence-electron chi connectivity index (χ3n) is 2.61. The van der Waals surface area contributed by atoms with Gasteiger partial charge in [0.05, 0.1) is 5.02 Å². The Balaban J connectivity index is 2.15. The van der Waals surface area contributed by atoms with Crippen LogP contribution in [0.5, 0.6) is 5.88 Å². The van der Waals surface area contributed by atoms with Gasteiger partial charge >= 0.3 is 5.97 Å². The molecule has 1 N–H and O–H groups in total. The molecule has 0 spiro atoms. The number of nitrogens with zero attached hydrogens (tertiary/aromatic N) is 1. The Morgan fingerprint density at radius 3 is 2.75 bits per heavy atom. The van der Waals surface area contributed by atoms with Gasteiger partial charge in [-0.3, -0.25) is 0 Å². The first-order valence-corrected chi connectivity index (χ1v) is 5.61. The molecule has 1 aliphatic rings. The third-order valence-corrected chi connectivity index (χ3v) is 2.92. The topological polar surface area (TPSA) is 59.4 Å². The van der Waals surface area contributed by atoms with E-state index < -0.39 is 5.97 Å². The highest BCUT2D eigenvalue weighted by molar-refractivity contribution is 6.33. The summed E-state index contributed by atoms with van der Waals surface area (Å²) in [4.78, 5) is 14.7. The van der Waals surface area contributed by atoms with Crippen LogP contribution >= 0.6 is 11.6 Å². The van der Waals surface area contributed by atoms with Crippen LogP contribution in [0.2, 0.25) is 5.02 Å². The predicted molar refractivity (Wildman–Crippen MR) is 59.1 cm³/mol. The second-order valence-electron chi connectivity index (χ2n) is 3.81. The molecule has 0 unspecified atom stereocenters. The van der Waals surface area contributed by atoms with Crippen molar-refractivity contribution < 1.29 is 14.6 Å². The van der Waals surface area contributed by atoms with Crippen LogP contribution in [0.3, 0.4) is 0 Å². The van der Waals surface area contributed by atoms with Gasteiger partial charge in [0.2, 0.25) is 5.88 Å². The van der Waals surface area contributed by atoms with Gasteiger partial charge in [-0.05, 0) is 31.7 Å². The fourth-order valence-corrected chi connectivity index (χ4v) is 2.00. The Kier molecular flexibility index (Phi) is 3.29. The zero-order valence-corrected chi connectivity index (χ0v) is 9.41. The Labute approximate surface area is 98.2 Å². The van der Waals surface area contributed by atoms with Crippen molar-refractivity contribution in [1.82, 2.24) is 4.98 Å². The van der Waals surface area contributed by atoms with Crippen LogP contribution in [-0.2, 0) is 0 Å². The number of hydrogen-bond donors (Lipinski definition) is 1. The average molecular weight is 242 g/mol. The fraction of sp³-hybridized carbons (Fsp3) is 0.455. The lowest BCUT2D eigenvalue weighted by molar-refractivity contribution is 0.0688. The highest BCUT2D eigenvalue weighted by Gasteiger charge is 2.18. The van der Waals surface area contributed by atoms with E-state index in [1.54, 1.807) is 6.07 Å². The first-order valence-electron chi connectivity index (χ1n) is 5.23. The van der Waals surface area contributed by atoms with Crippen molar-refractivity contribution in [2.75, 3.05) is 0 Å². The molecule has 1 aliphatic carbocycles. The van der Waals surface area contributed by atoms with E-state index >= 15 is 0 Å². The van der Waals surface area contributed by atoms with Gasteiger partial charge in [0.25, 0.3) is 0 Å². The molecular formula is C11H12ClNO3. The molecule has 0 radical (unpaired) electrons. The van der Waals surface area contributed by atoms with Crippen molar-refractivity contribution in [2.45, 2.75) is 31.8 Å². The zero-order valence-electron chi connectivity index (χ0n) is 8.65. The number of carboxylic acid groups (broad SMARTS) is 1. The summed E-state index contributed by atoms with van der Waals surface area (Å²) in [5.41, 5.74) is -0.155. The molecule has 0 aliphatic heterocycles. The summed E-state index contributed by atoms with van der Waals surface area (Å²) in [6, 6.07) is 3.11. The molecule has 4 nitrogen and oxygen atoms in total. The lowest BCUT2D eigenvalue weighted by atomic mass is 10.3. The number of ether oxygens (including phenoxy) is 1. The number of hydrogen-bond acceptors (Lipinski definition) is 3. The van der Waals surface area contributed by atoms with Crippen LogP contribution in [-0.4, -0.2) is 22.2 Å². The molecule has 0 saturated heterocycles. The molecule has 2 rings (SSSR count). The SMILES string of the molecule is O=C(O)c1nc(OC2CCCC2)ccc1Cl. The Bertz CT molecular complexity index is 402. The maximum atomic E-state index is 10.8. The van der Waals surface area contributed by atoms with Crippen LogP contribution in [0.15, 0.2) is 12.1 Å². The van der Waals surface area contributed by atoms with E-state index in [0.717, 1.165) is 25.7 Å². The highest BCUT2D eigenvalue weighted by Crippen LogP contribution is 2.24. The zero-order chi connectivity index (χ0) is 11.5. The second kappa shape index (κ2) is 4.70. The van der Waals surface area contributed by atoms with Crippen LogP contribution in [0.4, 0.5) is 0 Å². The van der Waals surface area contributed by atoms with Gasteiger partial charge in [-0.25, -0.2) is 9.78 Å². The largest absolute Gasteiger partial charge is 0.476 e. The third kappa shape index (κ3) is 2.44. The molecular weight excluding hydrogens is 230 g/mol. The molecule has 0 aromatic carbocycles. The van der Waals surface area contributed by atoms with E-state index in [9.17, 15) is 4.79 Å². The van der Waals surface area contributed by atoms with E-state index in [2.05, 4.69) is 4.98 Å². The monoisotopic (exact) mass is 241 g/mol. The second-order valence-corrected chi connectivity index (χ2v) is 4.22. The van der Waals surface area contributed by atoms with Gasteiger partial charge in [0.15, 0.2) is 5.69 Å². The summed E-state index contributed by atoms with van der Waals surface area (Å²) >= 11 is 5.71. The van der Waals surface area contributed by atoms with Crippen molar-refractivity contribution in [1.29, 1.82) is 0 Å². The fourth-order valence-electron chi connectivity index (χ4n) is 1.82. The molecule has 0 bridgehead atoms. The minimum atomic E-state index is -1.14. The molecule has 0 amide bonds. The van der Waals surface area contributed by atoms with E-state index in [0.29, 0.717) is 5.88 Å². The number of carboxylic acids is 1. The van der Waals surface area contributed by atoms with Crippen LogP contribution in [0.1, 0.15) is 36.2 Å². The smallest absolute Gasteiger partial charge is 0.356 e. The van der Waals surface area contributed by atoms with Gasteiger partial charge in [0, 0.05) is 6.07 Å². The van der Waals surface area contributed by atoms with Crippen LogP contribution < -0.4 is 4.74 Å². The van der Waals surface area contributed by atoms with Crippen LogP contribution in [0.25, 0.3) is 0 Å². The molecule has 1 aromatic rings. The average Bonchev–Trinajstić information content (AvgIpc) is 2.73. The Morgan fingerprint density at radius 1 is 1.44 bits per heavy atom. The Hall–Kier alpha value is -1.29. The maximum absolute atomic E-state index is 10.8. The van der Waals surface area contributed by atoms with Crippen molar-refractivity contribution in [3.05, 3.63) is 22.8 Å². The number of halogens is 1. The molecule has 1 heterocycles. The quantitative estimate of drug-likeness (QED) is 0.884. The summed E-state index contributed by atoms with van der Waals surface area (Å²) in [6.45, 7) is 0. The lowest BCUT2D eigenvalue weighted by Crippen LogP contribution is -2.13. The van der Waals surface area contributed by atoms with Gasteiger partial charge in [-0.1, -0.05) is 11.6 Å². The molecule has 1 aromatic heterocycles. The number of pyridine rings is 1. The van der Waals surface area contributed by atoms with Gasteiger partial charge < -0.3 is 9.84 Å². The number of aromatic carboxylic acids is 1. The minimum absolute atomic E-state index is 0.131. The standard InChI is InChI=1S/C11H12ClNO3/c12-8-5-6-9(13-10(8)11(14)15)16-7-3-1-2-4-7/h5-7H,1-4H2,(H,14,15). The van der Waals surface area contributed by atoms with Crippen LogP contribution in [0, 0.1) is 0 Å². The van der Waals surface area contributed by atoms with Crippen molar-refractivity contribution in [3.8, 4) is 5.88 Å². The van der Waals surface area contributed by atoms with E-state index in [4.69, 9.17) is 21.4 Å². The lowest BCUT2D eigenvalue weighted by Gasteiger charge is -2.12.